The lowest BCUT2D eigenvalue weighted by Gasteiger charge is -2.07. The molecule has 0 spiro atoms. The van der Waals surface area contributed by atoms with E-state index in [0.29, 0.717) is 12.4 Å². The summed E-state index contributed by atoms with van der Waals surface area (Å²) in [5.41, 5.74) is 0. The minimum Gasteiger partial charge on any atom is -0.492 e. The Morgan fingerprint density at radius 3 is 2.81 bits per heavy atom. The topological polar surface area (TPSA) is 33.0 Å². The van der Waals surface area contributed by atoms with Gasteiger partial charge in [-0.05, 0) is 23.2 Å². The molecule has 3 heteroatoms. The Morgan fingerprint density at radius 1 is 1.12 bits per heavy atom. The van der Waals surface area contributed by atoms with Gasteiger partial charge in [-0.25, -0.2) is 0 Å². The number of thiocyanates is 1. The largest absolute Gasteiger partial charge is 0.492 e. The summed E-state index contributed by atoms with van der Waals surface area (Å²) in [6.45, 7) is 0.562. The molecule has 0 heterocycles. The van der Waals surface area contributed by atoms with E-state index in [4.69, 9.17) is 10.00 Å². The Balaban J connectivity index is 2.15. The monoisotopic (exact) mass is 229 g/mol. The highest BCUT2D eigenvalue weighted by molar-refractivity contribution is 8.03. The Kier molecular flexibility index (Phi) is 3.68. The van der Waals surface area contributed by atoms with Crippen molar-refractivity contribution in [3.05, 3.63) is 42.5 Å². The van der Waals surface area contributed by atoms with Crippen LogP contribution >= 0.6 is 11.8 Å². The van der Waals surface area contributed by atoms with Gasteiger partial charge in [0.15, 0.2) is 0 Å². The first-order chi connectivity index (χ1) is 7.92. The molecule has 2 aromatic rings. The number of hydrogen-bond acceptors (Lipinski definition) is 3. The van der Waals surface area contributed by atoms with Gasteiger partial charge in [-0.2, -0.15) is 5.26 Å². The Labute approximate surface area is 98.8 Å². The summed E-state index contributed by atoms with van der Waals surface area (Å²) in [5, 5.41) is 12.7. The molecule has 0 amide bonds. The van der Waals surface area contributed by atoms with E-state index < -0.39 is 0 Å². The molecule has 0 fully saturated rings. The summed E-state index contributed by atoms with van der Waals surface area (Å²) in [5.74, 6) is 1.58. The fourth-order valence-corrected chi connectivity index (χ4v) is 1.82. The van der Waals surface area contributed by atoms with Gasteiger partial charge < -0.3 is 4.74 Å². The third-order valence-electron chi connectivity index (χ3n) is 2.26. The molecule has 2 rings (SSSR count). The lowest BCUT2D eigenvalue weighted by Crippen LogP contribution is -1.99. The van der Waals surface area contributed by atoms with Crippen LogP contribution in [0, 0.1) is 10.7 Å². The number of fused-ring (bicyclic) bond motifs is 1. The first-order valence-corrected chi connectivity index (χ1v) is 6.02. The molecule has 0 aliphatic rings. The second-order valence-corrected chi connectivity index (χ2v) is 4.14. The van der Waals surface area contributed by atoms with Gasteiger partial charge in [0.05, 0.1) is 6.61 Å². The van der Waals surface area contributed by atoms with E-state index in [1.807, 2.05) is 35.7 Å². The molecule has 0 unspecified atom stereocenters. The Morgan fingerprint density at radius 2 is 1.94 bits per heavy atom. The maximum absolute atomic E-state index is 8.39. The van der Waals surface area contributed by atoms with E-state index in [-0.39, 0.29) is 0 Å². The molecule has 0 radical (unpaired) electrons. The predicted octanol–water partition coefficient (Wildman–Crippen LogP) is 3.43. The molecule has 2 aromatic carbocycles. The van der Waals surface area contributed by atoms with Crippen molar-refractivity contribution >= 4 is 22.5 Å². The van der Waals surface area contributed by atoms with Crippen LogP contribution in [0.1, 0.15) is 0 Å². The number of nitrogens with zero attached hydrogens (tertiary/aromatic N) is 1. The molecule has 0 aliphatic carbocycles. The van der Waals surface area contributed by atoms with Crippen molar-refractivity contribution in [3.63, 3.8) is 0 Å². The lowest BCUT2D eigenvalue weighted by atomic mass is 10.1. The van der Waals surface area contributed by atoms with Crippen LogP contribution < -0.4 is 4.74 Å². The molecule has 0 N–H and O–H groups in total. The third kappa shape index (κ3) is 2.47. The maximum atomic E-state index is 8.39. The molecule has 0 atom stereocenters. The van der Waals surface area contributed by atoms with Crippen LogP contribution in [-0.2, 0) is 0 Å². The van der Waals surface area contributed by atoms with Gasteiger partial charge in [0.25, 0.3) is 0 Å². The van der Waals surface area contributed by atoms with Crippen LogP contribution in [-0.4, -0.2) is 12.4 Å². The quantitative estimate of drug-likeness (QED) is 0.595. The lowest BCUT2D eigenvalue weighted by molar-refractivity contribution is 0.348. The van der Waals surface area contributed by atoms with Crippen LogP contribution in [0.5, 0.6) is 5.75 Å². The minimum atomic E-state index is 0.562. The summed E-state index contributed by atoms with van der Waals surface area (Å²) in [7, 11) is 0. The summed E-state index contributed by atoms with van der Waals surface area (Å²) in [6, 6.07) is 14.1. The second kappa shape index (κ2) is 5.43. The van der Waals surface area contributed by atoms with Crippen LogP contribution in [0.25, 0.3) is 10.8 Å². The Bertz CT molecular complexity index is 513. The summed E-state index contributed by atoms with van der Waals surface area (Å²) in [6.07, 6.45) is 0. The first-order valence-electron chi connectivity index (χ1n) is 5.03. The van der Waals surface area contributed by atoms with E-state index in [0.717, 1.165) is 11.1 Å². The standard InChI is InChI=1S/C13H11NOS/c14-10-16-9-8-15-13-7-3-5-11-4-1-2-6-12(11)13/h1-7H,8-9H2. The number of hydrogen-bond donors (Lipinski definition) is 0. The van der Waals surface area contributed by atoms with Crippen LogP contribution in [0.3, 0.4) is 0 Å². The number of nitriles is 1. The average molecular weight is 229 g/mol. The van der Waals surface area contributed by atoms with Gasteiger partial charge in [0, 0.05) is 11.1 Å². The van der Waals surface area contributed by atoms with E-state index in [9.17, 15) is 0 Å². The van der Waals surface area contributed by atoms with Crippen LogP contribution in [0.15, 0.2) is 42.5 Å². The zero-order valence-electron chi connectivity index (χ0n) is 8.72. The zero-order chi connectivity index (χ0) is 11.2. The zero-order valence-corrected chi connectivity index (χ0v) is 9.54. The molecule has 0 saturated carbocycles. The molecule has 16 heavy (non-hydrogen) atoms. The van der Waals surface area contributed by atoms with E-state index in [1.165, 1.54) is 17.1 Å². The molecular formula is C13H11NOS. The molecule has 0 bridgehead atoms. The summed E-state index contributed by atoms with van der Waals surface area (Å²) < 4.78 is 5.65. The van der Waals surface area contributed by atoms with Crippen molar-refractivity contribution in [2.75, 3.05) is 12.4 Å². The Hall–Kier alpha value is -1.66. The molecule has 0 aliphatic heterocycles. The third-order valence-corrected chi connectivity index (χ3v) is 2.76. The van der Waals surface area contributed by atoms with Crippen molar-refractivity contribution in [2.45, 2.75) is 0 Å². The highest BCUT2D eigenvalue weighted by atomic mass is 32.2. The van der Waals surface area contributed by atoms with Gasteiger partial charge >= 0.3 is 0 Å². The fourth-order valence-electron chi connectivity index (χ4n) is 1.56. The fraction of sp³-hybridized carbons (Fsp3) is 0.154. The van der Waals surface area contributed by atoms with E-state index in [2.05, 4.69) is 12.1 Å². The highest BCUT2D eigenvalue weighted by Gasteiger charge is 2.00. The van der Waals surface area contributed by atoms with E-state index in [1.54, 1.807) is 0 Å². The summed E-state index contributed by atoms with van der Waals surface area (Å²) in [4.78, 5) is 0. The number of rotatable bonds is 4. The van der Waals surface area contributed by atoms with Gasteiger partial charge in [-0.1, -0.05) is 36.4 Å². The molecule has 0 saturated heterocycles. The van der Waals surface area contributed by atoms with E-state index >= 15 is 0 Å². The summed E-state index contributed by atoms with van der Waals surface area (Å²) >= 11 is 1.21. The van der Waals surface area contributed by atoms with Gasteiger partial charge in [0.1, 0.15) is 11.2 Å². The van der Waals surface area contributed by atoms with Crippen molar-refractivity contribution in [2.24, 2.45) is 0 Å². The second-order valence-electron chi connectivity index (χ2n) is 3.27. The SMILES string of the molecule is N#CSCCOc1cccc2ccccc12. The molecule has 80 valence electrons. The van der Waals surface area contributed by atoms with Crippen LogP contribution in [0.4, 0.5) is 0 Å². The van der Waals surface area contributed by atoms with Crippen LogP contribution in [0.2, 0.25) is 0 Å². The minimum absolute atomic E-state index is 0.562. The first kappa shape index (κ1) is 10.8. The normalized spacial score (nSPS) is 9.94. The maximum Gasteiger partial charge on any atom is 0.133 e. The number of benzene rings is 2. The number of thioether (sulfide) groups is 1. The van der Waals surface area contributed by atoms with Gasteiger partial charge in [-0.15, -0.1) is 0 Å². The van der Waals surface area contributed by atoms with Gasteiger partial charge in [-0.3, -0.25) is 0 Å². The van der Waals surface area contributed by atoms with Crippen molar-refractivity contribution in [1.82, 2.24) is 0 Å². The van der Waals surface area contributed by atoms with Crippen molar-refractivity contribution in [1.29, 1.82) is 5.26 Å². The number of ether oxygens (including phenoxy) is 1. The van der Waals surface area contributed by atoms with Crippen molar-refractivity contribution in [3.8, 4) is 11.2 Å². The molecular weight excluding hydrogens is 218 g/mol. The average Bonchev–Trinajstić information content (AvgIpc) is 2.35. The molecule has 2 nitrogen and oxygen atoms in total. The molecule has 0 aromatic heterocycles. The highest BCUT2D eigenvalue weighted by Crippen LogP contribution is 2.25. The predicted molar refractivity (Wildman–Crippen MR) is 67.5 cm³/mol. The van der Waals surface area contributed by atoms with Gasteiger partial charge in [0.2, 0.25) is 0 Å². The smallest absolute Gasteiger partial charge is 0.133 e. The van der Waals surface area contributed by atoms with Crippen molar-refractivity contribution < 1.29 is 4.74 Å².